The number of para-hydroxylation sites is 1. The smallest absolute Gasteiger partial charge is 0.269 e. The van der Waals surface area contributed by atoms with Gasteiger partial charge in [0.15, 0.2) is 23.1 Å². The van der Waals surface area contributed by atoms with E-state index in [2.05, 4.69) is 20.4 Å². The number of aromatic amines is 1. The fourth-order valence-electron chi connectivity index (χ4n) is 5.43. The summed E-state index contributed by atoms with van der Waals surface area (Å²) in [6.45, 7) is 0.624. The van der Waals surface area contributed by atoms with Gasteiger partial charge in [0.25, 0.3) is 5.91 Å². The summed E-state index contributed by atoms with van der Waals surface area (Å²) in [6, 6.07) is 12.9. The standard InChI is InChI=1S/C30H24ClF2N7O4/c1-14(41)29-35-20-10-9-16(24(31)27(20)37-29)17-6-4-7-19(25(17)33)36-30(44)22-11-15(32)12-39(22)23(42)13-40-21-8-3-2-5-18(21)26(38-40)28(34)43/h2-10,15,22H,11-13H2,1H3,(H2,34,43)(H,35,37)(H,36,44)/t15-,22+/m1/s1. The van der Waals surface area contributed by atoms with Crippen molar-refractivity contribution in [3.8, 4) is 11.1 Å². The SMILES string of the molecule is CC(=O)c1nc2ccc(-c3cccc(NC(=O)[C@@H]4C[C@@H](F)CN4C(=O)Cn4nc(C(N)=O)c5ccccc54)c3F)c(Cl)c2[nH]1. The molecule has 0 bridgehead atoms. The Labute approximate surface area is 253 Å². The number of halogens is 3. The molecule has 224 valence electrons. The summed E-state index contributed by atoms with van der Waals surface area (Å²) >= 11 is 6.56. The van der Waals surface area contributed by atoms with Crippen molar-refractivity contribution in [3.05, 3.63) is 77.0 Å². The summed E-state index contributed by atoms with van der Waals surface area (Å²) in [5.74, 6) is -3.16. The number of Topliss-reactive ketones (excluding diaryl/α,β-unsaturated/α-hetero) is 1. The summed E-state index contributed by atoms with van der Waals surface area (Å²) < 4.78 is 31.7. The average Bonchev–Trinajstić information content (AvgIpc) is 3.70. The van der Waals surface area contributed by atoms with Gasteiger partial charge < -0.3 is 20.9 Å². The van der Waals surface area contributed by atoms with Gasteiger partial charge in [-0.25, -0.2) is 13.8 Å². The number of aromatic nitrogens is 4. The van der Waals surface area contributed by atoms with E-state index in [1.807, 2.05) is 0 Å². The Hall–Kier alpha value is -5.17. The highest BCUT2D eigenvalue weighted by Gasteiger charge is 2.40. The predicted octanol–water partition coefficient (Wildman–Crippen LogP) is 4.25. The number of nitrogens with two attached hydrogens (primary N) is 1. The molecule has 2 atom stereocenters. The second kappa shape index (κ2) is 11.2. The van der Waals surface area contributed by atoms with Crippen molar-refractivity contribution in [3.63, 3.8) is 0 Å². The van der Waals surface area contributed by atoms with E-state index in [1.165, 1.54) is 29.8 Å². The molecule has 1 aliphatic heterocycles. The molecule has 6 rings (SSSR count). The molecule has 4 N–H and O–H groups in total. The number of fused-ring (bicyclic) bond motifs is 2. The lowest BCUT2D eigenvalue weighted by Crippen LogP contribution is -2.44. The molecular formula is C30H24ClF2N7O4. The first kappa shape index (κ1) is 28.9. The van der Waals surface area contributed by atoms with Gasteiger partial charge in [0, 0.05) is 29.9 Å². The highest BCUT2D eigenvalue weighted by Crippen LogP contribution is 2.37. The summed E-state index contributed by atoms with van der Waals surface area (Å²) in [7, 11) is 0. The van der Waals surface area contributed by atoms with Crippen LogP contribution < -0.4 is 11.1 Å². The molecule has 3 aromatic carbocycles. The number of carbonyl (C=O) groups excluding carboxylic acids is 4. The largest absolute Gasteiger partial charge is 0.364 e. The maximum absolute atomic E-state index is 15.8. The number of hydrogen-bond donors (Lipinski definition) is 3. The first-order valence-electron chi connectivity index (χ1n) is 13.5. The molecule has 0 radical (unpaired) electrons. The summed E-state index contributed by atoms with van der Waals surface area (Å²) in [4.78, 5) is 58.4. The van der Waals surface area contributed by atoms with Gasteiger partial charge in [0.2, 0.25) is 11.8 Å². The Morgan fingerprint density at radius 3 is 2.61 bits per heavy atom. The Kier molecular flexibility index (Phi) is 7.33. The van der Waals surface area contributed by atoms with E-state index in [1.54, 1.807) is 36.4 Å². The molecule has 11 nitrogen and oxygen atoms in total. The molecule has 1 fully saturated rings. The molecule has 0 aliphatic carbocycles. The van der Waals surface area contributed by atoms with Gasteiger partial charge in [-0.3, -0.25) is 23.9 Å². The van der Waals surface area contributed by atoms with Gasteiger partial charge in [0.1, 0.15) is 18.8 Å². The Morgan fingerprint density at radius 1 is 1.09 bits per heavy atom. The van der Waals surface area contributed by atoms with E-state index in [0.717, 1.165) is 4.90 Å². The lowest BCUT2D eigenvalue weighted by atomic mass is 10.0. The number of H-pyrrole nitrogens is 1. The van der Waals surface area contributed by atoms with E-state index in [4.69, 9.17) is 17.3 Å². The number of nitrogens with zero attached hydrogens (tertiary/aromatic N) is 4. The van der Waals surface area contributed by atoms with E-state index >= 15 is 4.39 Å². The second-order valence-electron chi connectivity index (χ2n) is 10.4. The maximum Gasteiger partial charge on any atom is 0.269 e. The number of primary amides is 1. The zero-order chi connectivity index (χ0) is 31.3. The van der Waals surface area contributed by atoms with Crippen molar-refractivity contribution < 1.29 is 28.0 Å². The number of anilines is 1. The van der Waals surface area contributed by atoms with Crippen LogP contribution in [0.25, 0.3) is 33.1 Å². The third-order valence-corrected chi connectivity index (χ3v) is 7.92. The first-order chi connectivity index (χ1) is 21.0. The minimum absolute atomic E-state index is 0.0195. The van der Waals surface area contributed by atoms with Crippen LogP contribution in [0.15, 0.2) is 54.6 Å². The monoisotopic (exact) mass is 619 g/mol. The van der Waals surface area contributed by atoms with Crippen molar-refractivity contribution in [2.75, 3.05) is 11.9 Å². The Balaban J connectivity index is 1.25. The van der Waals surface area contributed by atoms with E-state index in [9.17, 15) is 23.6 Å². The Bertz CT molecular complexity index is 2010. The molecule has 0 saturated carbocycles. The van der Waals surface area contributed by atoms with Gasteiger partial charge in [-0.2, -0.15) is 5.10 Å². The van der Waals surface area contributed by atoms with Gasteiger partial charge in [-0.15, -0.1) is 0 Å². The molecule has 14 heteroatoms. The van der Waals surface area contributed by atoms with Crippen molar-refractivity contribution in [2.45, 2.75) is 32.1 Å². The molecule has 3 amide bonds. The number of nitrogens with one attached hydrogen (secondary N) is 2. The first-order valence-corrected chi connectivity index (χ1v) is 13.9. The molecule has 0 unspecified atom stereocenters. The number of ketones is 1. The van der Waals surface area contributed by atoms with Crippen molar-refractivity contribution >= 4 is 62.7 Å². The number of hydrogen-bond acceptors (Lipinski definition) is 6. The van der Waals surface area contributed by atoms with Crippen LogP contribution in [0.1, 0.15) is 34.5 Å². The number of amides is 3. The van der Waals surface area contributed by atoms with Gasteiger partial charge >= 0.3 is 0 Å². The summed E-state index contributed by atoms with van der Waals surface area (Å²) in [5.41, 5.74) is 6.81. The number of likely N-dealkylation sites (tertiary alicyclic amines) is 1. The minimum atomic E-state index is -1.48. The summed E-state index contributed by atoms with van der Waals surface area (Å²) in [6.07, 6.45) is -1.77. The quantitative estimate of drug-likeness (QED) is 0.231. The van der Waals surface area contributed by atoms with Crippen LogP contribution >= 0.6 is 11.6 Å². The molecule has 44 heavy (non-hydrogen) atoms. The Morgan fingerprint density at radius 2 is 1.86 bits per heavy atom. The van der Waals surface area contributed by atoms with Gasteiger partial charge in [0.05, 0.1) is 33.8 Å². The number of benzene rings is 3. The predicted molar refractivity (Wildman–Crippen MR) is 158 cm³/mol. The molecule has 2 aromatic heterocycles. The number of alkyl halides is 1. The van der Waals surface area contributed by atoms with Crippen molar-refractivity contribution in [1.82, 2.24) is 24.6 Å². The minimum Gasteiger partial charge on any atom is -0.364 e. The fourth-order valence-corrected chi connectivity index (χ4v) is 5.74. The van der Waals surface area contributed by atoms with Crippen LogP contribution in [-0.4, -0.2) is 66.9 Å². The second-order valence-corrected chi connectivity index (χ2v) is 10.8. The molecule has 1 aliphatic rings. The zero-order valence-electron chi connectivity index (χ0n) is 23.1. The van der Waals surface area contributed by atoms with E-state index in [-0.39, 0.29) is 58.6 Å². The third-order valence-electron chi connectivity index (χ3n) is 7.53. The van der Waals surface area contributed by atoms with Crippen LogP contribution in [0.5, 0.6) is 0 Å². The number of imidazole rings is 1. The summed E-state index contributed by atoms with van der Waals surface area (Å²) in [5, 5.41) is 7.23. The molecule has 0 spiro atoms. The fraction of sp³-hybridized carbons (Fsp3) is 0.200. The highest BCUT2D eigenvalue weighted by atomic mass is 35.5. The zero-order valence-corrected chi connectivity index (χ0v) is 23.9. The van der Waals surface area contributed by atoms with E-state index < -0.39 is 35.8 Å². The van der Waals surface area contributed by atoms with Crippen LogP contribution in [0.3, 0.4) is 0 Å². The molecule has 1 saturated heterocycles. The maximum atomic E-state index is 15.8. The van der Waals surface area contributed by atoms with Crippen molar-refractivity contribution in [2.24, 2.45) is 5.73 Å². The van der Waals surface area contributed by atoms with Crippen LogP contribution in [0, 0.1) is 5.82 Å². The molecule has 5 aromatic rings. The molecular weight excluding hydrogens is 596 g/mol. The number of rotatable bonds is 7. The van der Waals surface area contributed by atoms with Crippen LogP contribution in [0.2, 0.25) is 5.02 Å². The van der Waals surface area contributed by atoms with E-state index in [0.29, 0.717) is 21.9 Å². The van der Waals surface area contributed by atoms with Crippen molar-refractivity contribution in [1.29, 1.82) is 0 Å². The third kappa shape index (κ3) is 5.04. The normalized spacial score (nSPS) is 16.5. The highest BCUT2D eigenvalue weighted by molar-refractivity contribution is 6.37. The lowest BCUT2D eigenvalue weighted by molar-refractivity contribution is -0.137. The average molecular weight is 620 g/mol. The van der Waals surface area contributed by atoms with Gasteiger partial charge in [-0.1, -0.05) is 48.0 Å². The van der Waals surface area contributed by atoms with Gasteiger partial charge in [-0.05, 0) is 18.2 Å². The van der Waals surface area contributed by atoms with Crippen LogP contribution in [0.4, 0.5) is 14.5 Å². The topological polar surface area (TPSA) is 156 Å². The molecule has 3 heterocycles. The van der Waals surface area contributed by atoms with Crippen LogP contribution in [-0.2, 0) is 16.1 Å². The lowest BCUT2D eigenvalue weighted by Gasteiger charge is -2.24. The number of carbonyl (C=O) groups is 4.